The molecule has 0 aromatic carbocycles. The number of nitrogens with zero attached hydrogens (tertiary/aromatic N) is 1. The molecule has 0 aliphatic rings. The van der Waals surface area contributed by atoms with Gasteiger partial charge in [-0.15, -0.1) is 0 Å². The van der Waals surface area contributed by atoms with Gasteiger partial charge in [-0.3, -0.25) is 0 Å². The third-order valence-electron chi connectivity index (χ3n) is 2.83. The molecule has 2 nitrogen and oxygen atoms in total. The van der Waals surface area contributed by atoms with Gasteiger partial charge in [0.1, 0.15) is 0 Å². The summed E-state index contributed by atoms with van der Waals surface area (Å²) in [5.41, 5.74) is 5.70. The minimum Gasteiger partial charge on any atom is -0.328 e. The summed E-state index contributed by atoms with van der Waals surface area (Å²) >= 11 is 0. The van der Waals surface area contributed by atoms with Crippen LogP contribution in [-0.2, 0) is 0 Å². The molecule has 0 aromatic rings. The molecule has 0 saturated carbocycles. The Balaban J connectivity index is 3.55. The fourth-order valence-corrected chi connectivity index (χ4v) is 1.38. The first-order chi connectivity index (χ1) is 5.95. The van der Waals surface area contributed by atoms with Crippen LogP contribution >= 0.6 is 0 Å². The van der Waals surface area contributed by atoms with Crippen LogP contribution in [-0.4, -0.2) is 30.6 Å². The van der Waals surface area contributed by atoms with E-state index in [1.54, 1.807) is 0 Å². The Bertz CT molecular complexity index is 121. The number of hydrogen-bond donors (Lipinski definition) is 1. The lowest BCUT2D eigenvalue weighted by Crippen LogP contribution is -2.34. The van der Waals surface area contributed by atoms with Crippen LogP contribution in [0.25, 0.3) is 0 Å². The Kier molecular flexibility index (Phi) is 6.35. The molecule has 2 heteroatoms. The minimum absolute atomic E-state index is 0.350. The second-order valence-corrected chi connectivity index (χ2v) is 4.58. The molecule has 0 bridgehead atoms. The van der Waals surface area contributed by atoms with Crippen molar-refractivity contribution in [2.45, 2.75) is 52.6 Å². The predicted octanol–water partition coefficient (Wildman–Crippen LogP) is 2.09. The molecular weight excluding hydrogens is 160 g/mol. The Morgan fingerprint density at radius 1 is 1.15 bits per heavy atom. The highest BCUT2D eigenvalue weighted by molar-refractivity contribution is 4.67. The number of rotatable bonds is 6. The first-order valence-electron chi connectivity index (χ1n) is 5.41. The summed E-state index contributed by atoms with van der Waals surface area (Å²) in [5.74, 6) is 0.736. The van der Waals surface area contributed by atoms with Gasteiger partial charge in [-0.05, 0) is 46.2 Å². The lowest BCUT2D eigenvalue weighted by Gasteiger charge is -2.27. The topological polar surface area (TPSA) is 29.3 Å². The van der Waals surface area contributed by atoms with Crippen LogP contribution in [0.4, 0.5) is 0 Å². The SMILES string of the molecule is CC(N)CCCN(C)C(C)C(C)C. The Morgan fingerprint density at radius 3 is 2.08 bits per heavy atom. The maximum Gasteiger partial charge on any atom is 0.00868 e. The van der Waals surface area contributed by atoms with Crippen molar-refractivity contribution in [1.82, 2.24) is 4.90 Å². The van der Waals surface area contributed by atoms with Crippen molar-refractivity contribution in [3.05, 3.63) is 0 Å². The van der Waals surface area contributed by atoms with Gasteiger partial charge in [0.25, 0.3) is 0 Å². The molecule has 2 N–H and O–H groups in total. The second kappa shape index (κ2) is 6.39. The maximum absolute atomic E-state index is 5.70. The molecule has 0 spiro atoms. The van der Waals surface area contributed by atoms with Gasteiger partial charge < -0.3 is 10.6 Å². The largest absolute Gasteiger partial charge is 0.328 e. The van der Waals surface area contributed by atoms with Gasteiger partial charge in [-0.25, -0.2) is 0 Å². The molecule has 0 amide bonds. The normalized spacial score (nSPS) is 16.6. The van der Waals surface area contributed by atoms with E-state index in [-0.39, 0.29) is 0 Å². The average Bonchev–Trinajstić information content (AvgIpc) is 2.02. The van der Waals surface area contributed by atoms with Crippen LogP contribution in [0.5, 0.6) is 0 Å². The van der Waals surface area contributed by atoms with Crippen molar-refractivity contribution in [1.29, 1.82) is 0 Å². The maximum atomic E-state index is 5.70. The van der Waals surface area contributed by atoms with Crippen molar-refractivity contribution in [2.24, 2.45) is 11.7 Å². The zero-order valence-electron chi connectivity index (χ0n) is 9.88. The molecule has 0 aliphatic heterocycles. The van der Waals surface area contributed by atoms with Crippen LogP contribution in [0.2, 0.25) is 0 Å². The van der Waals surface area contributed by atoms with E-state index in [9.17, 15) is 0 Å². The van der Waals surface area contributed by atoms with E-state index in [0.717, 1.165) is 12.3 Å². The van der Waals surface area contributed by atoms with E-state index in [4.69, 9.17) is 5.73 Å². The van der Waals surface area contributed by atoms with Gasteiger partial charge in [0.15, 0.2) is 0 Å². The number of nitrogens with two attached hydrogens (primary N) is 1. The highest BCUT2D eigenvalue weighted by Gasteiger charge is 2.12. The smallest absolute Gasteiger partial charge is 0.00868 e. The van der Waals surface area contributed by atoms with Gasteiger partial charge in [-0.1, -0.05) is 13.8 Å². The molecule has 0 aromatic heterocycles. The summed E-state index contributed by atoms with van der Waals surface area (Å²) in [6, 6.07) is 1.02. The molecule has 0 rings (SSSR count). The molecule has 13 heavy (non-hydrogen) atoms. The highest BCUT2D eigenvalue weighted by atomic mass is 15.1. The molecule has 2 unspecified atom stereocenters. The van der Waals surface area contributed by atoms with Crippen LogP contribution in [0.15, 0.2) is 0 Å². The van der Waals surface area contributed by atoms with Crippen LogP contribution in [0.3, 0.4) is 0 Å². The molecule has 0 radical (unpaired) electrons. The molecule has 0 heterocycles. The lowest BCUT2D eigenvalue weighted by molar-refractivity contribution is 0.203. The fraction of sp³-hybridized carbons (Fsp3) is 1.00. The van der Waals surface area contributed by atoms with Gasteiger partial charge in [-0.2, -0.15) is 0 Å². The molecule has 0 fully saturated rings. The molecular formula is C11H26N2. The van der Waals surface area contributed by atoms with E-state index in [1.807, 2.05) is 0 Å². The van der Waals surface area contributed by atoms with Crippen molar-refractivity contribution in [2.75, 3.05) is 13.6 Å². The van der Waals surface area contributed by atoms with Crippen LogP contribution in [0, 0.1) is 5.92 Å². The average molecular weight is 186 g/mol. The summed E-state index contributed by atoms with van der Waals surface area (Å²) < 4.78 is 0. The molecule has 80 valence electrons. The third-order valence-corrected chi connectivity index (χ3v) is 2.83. The van der Waals surface area contributed by atoms with E-state index in [0.29, 0.717) is 12.1 Å². The fourth-order valence-electron chi connectivity index (χ4n) is 1.38. The summed E-state index contributed by atoms with van der Waals surface area (Å²) in [6.45, 7) is 10.1. The van der Waals surface area contributed by atoms with E-state index in [1.165, 1.54) is 13.0 Å². The van der Waals surface area contributed by atoms with Crippen LogP contribution < -0.4 is 5.73 Å². The monoisotopic (exact) mass is 186 g/mol. The quantitative estimate of drug-likeness (QED) is 0.688. The molecule has 0 saturated heterocycles. The molecule has 2 atom stereocenters. The molecule has 0 aliphatic carbocycles. The zero-order valence-corrected chi connectivity index (χ0v) is 9.88. The zero-order chi connectivity index (χ0) is 10.4. The van der Waals surface area contributed by atoms with Crippen LogP contribution in [0.1, 0.15) is 40.5 Å². The van der Waals surface area contributed by atoms with Gasteiger partial charge >= 0.3 is 0 Å². The predicted molar refractivity (Wildman–Crippen MR) is 59.8 cm³/mol. The third kappa shape index (κ3) is 6.05. The highest BCUT2D eigenvalue weighted by Crippen LogP contribution is 2.08. The minimum atomic E-state index is 0.350. The van der Waals surface area contributed by atoms with Crippen molar-refractivity contribution >= 4 is 0 Å². The number of hydrogen-bond acceptors (Lipinski definition) is 2. The summed E-state index contributed by atoms with van der Waals surface area (Å²) in [6.07, 6.45) is 2.35. The lowest BCUT2D eigenvalue weighted by atomic mass is 10.0. The van der Waals surface area contributed by atoms with E-state index < -0.39 is 0 Å². The van der Waals surface area contributed by atoms with E-state index >= 15 is 0 Å². The van der Waals surface area contributed by atoms with Gasteiger partial charge in [0.05, 0.1) is 0 Å². The van der Waals surface area contributed by atoms with Crippen molar-refractivity contribution < 1.29 is 0 Å². The van der Waals surface area contributed by atoms with Gasteiger partial charge in [0, 0.05) is 12.1 Å². The Morgan fingerprint density at radius 2 is 1.69 bits per heavy atom. The summed E-state index contributed by atoms with van der Waals surface area (Å²) in [5, 5.41) is 0. The van der Waals surface area contributed by atoms with Crippen molar-refractivity contribution in [3.63, 3.8) is 0 Å². The standard InChI is InChI=1S/C11H26N2/c1-9(2)11(4)13(5)8-6-7-10(3)12/h9-11H,6-8,12H2,1-5H3. The first kappa shape index (κ1) is 12.9. The summed E-state index contributed by atoms with van der Waals surface area (Å²) in [7, 11) is 2.20. The Hall–Kier alpha value is -0.0800. The second-order valence-electron chi connectivity index (χ2n) is 4.58. The first-order valence-corrected chi connectivity index (χ1v) is 5.41. The van der Waals surface area contributed by atoms with Gasteiger partial charge in [0.2, 0.25) is 0 Å². The Labute approximate surface area is 83.5 Å². The van der Waals surface area contributed by atoms with Crippen molar-refractivity contribution in [3.8, 4) is 0 Å². The van der Waals surface area contributed by atoms with E-state index in [2.05, 4.69) is 39.6 Å². The summed E-state index contributed by atoms with van der Waals surface area (Å²) in [4.78, 5) is 2.42.